The quantitative estimate of drug-likeness (QED) is 0.743. The van der Waals surface area contributed by atoms with Gasteiger partial charge in [-0.25, -0.2) is 0 Å². The van der Waals surface area contributed by atoms with Crippen LogP contribution in [0.4, 0.5) is 5.69 Å². The third kappa shape index (κ3) is 4.42. The molecule has 0 fully saturated rings. The van der Waals surface area contributed by atoms with E-state index in [2.05, 4.69) is 10.6 Å². The molecule has 0 aliphatic rings. The lowest BCUT2D eigenvalue weighted by atomic mass is 10.1. The van der Waals surface area contributed by atoms with E-state index < -0.39 is 5.97 Å². The molecule has 1 aromatic carbocycles. The molecule has 0 aromatic heterocycles. The summed E-state index contributed by atoms with van der Waals surface area (Å²) in [6.45, 7) is 1.79. The van der Waals surface area contributed by atoms with E-state index in [1.165, 1.54) is 7.05 Å². The Labute approximate surface area is 110 Å². The predicted molar refractivity (Wildman–Crippen MR) is 70.1 cm³/mol. The molecule has 19 heavy (non-hydrogen) atoms. The normalized spacial score (nSPS) is 9.79. The van der Waals surface area contributed by atoms with Crippen molar-refractivity contribution in [2.75, 3.05) is 12.4 Å². The largest absolute Gasteiger partial charge is 0.481 e. The zero-order valence-corrected chi connectivity index (χ0v) is 10.8. The Morgan fingerprint density at radius 1 is 1.21 bits per heavy atom. The summed E-state index contributed by atoms with van der Waals surface area (Å²) in [5, 5.41) is 13.6. The van der Waals surface area contributed by atoms with Crippen molar-refractivity contribution in [2.24, 2.45) is 0 Å². The molecule has 6 heteroatoms. The van der Waals surface area contributed by atoms with Crippen LogP contribution in [0.1, 0.15) is 28.8 Å². The van der Waals surface area contributed by atoms with E-state index in [4.69, 9.17) is 5.11 Å². The number of benzene rings is 1. The Morgan fingerprint density at radius 2 is 1.89 bits per heavy atom. The average molecular weight is 264 g/mol. The van der Waals surface area contributed by atoms with Gasteiger partial charge in [0.1, 0.15) is 0 Å². The SMILES string of the molecule is CNC(=O)c1ccc(C)c(NC(=O)CCC(=O)O)c1. The van der Waals surface area contributed by atoms with Crippen molar-refractivity contribution in [1.82, 2.24) is 5.32 Å². The maximum atomic E-state index is 11.5. The third-order valence-electron chi connectivity index (χ3n) is 2.57. The molecule has 0 unspecified atom stereocenters. The van der Waals surface area contributed by atoms with Gasteiger partial charge < -0.3 is 15.7 Å². The molecule has 0 saturated heterocycles. The van der Waals surface area contributed by atoms with Gasteiger partial charge in [0.25, 0.3) is 5.91 Å². The van der Waals surface area contributed by atoms with Crippen LogP contribution in [0.3, 0.4) is 0 Å². The Hall–Kier alpha value is -2.37. The predicted octanol–water partition coefficient (Wildman–Crippen LogP) is 1.16. The molecule has 2 amide bonds. The Bertz CT molecular complexity index is 511. The summed E-state index contributed by atoms with van der Waals surface area (Å²) >= 11 is 0. The van der Waals surface area contributed by atoms with Gasteiger partial charge in [0.05, 0.1) is 6.42 Å². The summed E-state index contributed by atoms with van der Waals surface area (Å²) < 4.78 is 0. The summed E-state index contributed by atoms with van der Waals surface area (Å²) in [5.74, 6) is -1.66. The highest BCUT2D eigenvalue weighted by atomic mass is 16.4. The van der Waals surface area contributed by atoms with Crippen molar-refractivity contribution in [3.05, 3.63) is 29.3 Å². The topological polar surface area (TPSA) is 95.5 Å². The Balaban J connectivity index is 2.79. The molecule has 0 radical (unpaired) electrons. The van der Waals surface area contributed by atoms with Crippen LogP contribution < -0.4 is 10.6 Å². The first-order chi connectivity index (χ1) is 8.93. The van der Waals surface area contributed by atoms with Gasteiger partial charge >= 0.3 is 5.97 Å². The first kappa shape index (κ1) is 14.7. The van der Waals surface area contributed by atoms with E-state index in [-0.39, 0.29) is 24.7 Å². The van der Waals surface area contributed by atoms with Crippen LogP contribution in [0, 0.1) is 6.92 Å². The maximum Gasteiger partial charge on any atom is 0.303 e. The Kier molecular flexibility index (Phi) is 5.05. The standard InChI is InChI=1S/C13H16N2O4/c1-8-3-4-9(13(19)14-2)7-10(8)15-11(16)5-6-12(17)18/h3-4,7H,5-6H2,1-2H3,(H,14,19)(H,15,16)(H,17,18). The monoisotopic (exact) mass is 264 g/mol. The van der Waals surface area contributed by atoms with Crippen LogP contribution in [0.2, 0.25) is 0 Å². The molecule has 0 saturated carbocycles. The van der Waals surface area contributed by atoms with E-state index in [0.717, 1.165) is 5.56 Å². The van der Waals surface area contributed by atoms with Gasteiger partial charge in [0.15, 0.2) is 0 Å². The van der Waals surface area contributed by atoms with Crippen molar-refractivity contribution in [3.8, 4) is 0 Å². The first-order valence-electron chi connectivity index (χ1n) is 5.78. The number of carbonyl (C=O) groups excluding carboxylic acids is 2. The molecular weight excluding hydrogens is 248 g/mol. The van der Waals surface area contributed by atoms with Crippen molar-refractivity contribution < 1.29 is 19.5 Å². The van der Waals surface area contributed by atoms with Crippen LogP contribution in [-0.2, 0) is 9.59 Å². The minimum Gasteiger partial charge on any atom is -0.481 e. The number of carbonyl (C=O) groups is 3. The molecule has 102 valence electrons. The molecule has 0 spiro atoms. The van der Waals surface area contributed by atoms with Crippen LogP contribution in [0.25, 0.3) is 0 Å². The number of anilines is 1. The van der Waals surface area contributed by atoms with E-state index in [9.17, 15) is 14.4 Å². The molecule has 0 aliphatic carbocycles. The molecule has 0 heterocycles. The number of hydrogen-bond donors (Lipinski definition) is 3. The number of nitrogens with one attached hydrogen (secondary N) is 2. The Morgan fingerprint density at radius 3 is 2.47 bits per heavy atom. The van der Waals surface area contributed by atoms with Crippen LogP contribution >= 0.6 is 0 Å². The lowest BCUT2D eigenvalue weighted by Gasteiger charge is -2.09. The van der Waals surface area contributed by atoms with Crippen LogP contribution in [0.5, 0.6) is 0 Å². The number of aryl methyl sites for hydroxylation is 1. The highest BCUT2D eigenvalue weighted by Crippen LogP contribution is 2.17. The third-order valence-corrected chi connectivity index (χ3v) is 2.57. The maximum absolute atomic E-state index is 11.5. The van der Waals surface area contributed by atoms with E-state index in [1.807, 2.05) is 0 Å². The summed E-state index contributed by atoms with van der Waals surface area (Å²) in [6.07, 6.45) is -0.320. The summed E-state index contributed by atoms with van der Waals surface area (Å²) in [5.41, 5.74) is 1.74. The smallest absolute Gasteiger partial charge is 0.303 e. The van der Waals surface area contributed by atoms with Crippen LogP contribution in [0.15, 0.2) is 18.2 Å². The number of carboxylic acid groups (broad SMARTS) is 1. The zero-order chi connectivity index (χ0) is 14.4. The highest BCUT2D eigenvalue weighted by Gasteiger charge is 2.10. The molecule has 3 N–H and O–H groups in total. The summed E-state index contributed by atoms with van der Waals surface area (Å²) in [6, 6.07) is 4.94. The van der Waals surface area contributed by atoms with Crippen molar-refractivity contribution in [3.63, 3.8) is 0 Å². The highest BCUT2D eigenvalue weighted by molar-refractivity contribution is 5.98. The molecule has 0 atom stereocenters. The van der Waals surface area contributed by atoms with Crippen molar-refractivity contribution in [2.45, 2.75) is 19.8 Å². The van der Waals surface area contributed by atoms with Crippen molar-refractivity contribution in [1.29, 1.82) is 0 Å². The molecule has 1 aromatic rings. The fourth-order valence-corrected chi connectivity index (χ4v) is 1.48. The van der Waals surface area contributed by atoms with Gasteiger partial charge in [-0.3, -0.25) is 14.4 Å². The summed E-state index contributed by atoms with van der Waals surface area (Å²) in [7, 11) is 1.52. The number of aliphatic carboxylic acids is 1. The average Bonchev–Trinajstić information content (AvgIpc) is 2.38. The second-order valence-electron chi connectivity index (χ2n) is 4.05. The second kappa shape index (κ2) is 6.53. The van der Waals surface area contributed by atoms with Gasteiger partial charge in [-0.2, -0.15) is 0 Å². The first-order valence-corrected chi connectivity index (χ1v) is 5.78. The van der Waals surface area contributed by atoms with Gasteiger partial charge in [-0.15, -0.1) is 0 Å². The minimum absolute atomic E-state index is 0.0982. The lowest BCUT2D eigenvalue weighted by molar-refractivity contribution is -0.138. The number of hydrogen-bond acceptors (Lipinski definition) is 3. The minimum atomic E-state index is -1.02. The fraction of sp³-hybridized carbons (Fsp3) is 0.308. The number of amides is 2. The second-order valence-corrected chi connectivity index (χ2v) is 4.05. The molecule has 6 nitrogen and oxygen atoms in total. The molecule has 1 rings (SSSR count). The van der Waals surface area contributed by atoms with Crippen LogP contribution in [-0.4, -0.2) is 29.9 Å². The van der Waals surface area contributed by atoms with Gasteiger partial charge in [0.2, 0.25) is 5.91 Å². The van der Waals surface area contributed by atoms with Gasteiger partial charge in [0, 0.05) is 24.7 Å². The number of carboxylic acids is 1. The van der Waals surface area contributed by atoms with E-state index in [1.54, 1.807) is 25.1 Å². The zero-order valence-electron chi connectivity index (χ0n) is 10.8. The van der Waals surface area contributed by atoms with Gasteiger partial charge in [-0.1, -0.05) is 6.07 Å². The fourth-order valence-electron chi connectivity index (χ4n) is 1.48. The van der Waals surface area contributed by atoms with E-state index >= 15 is 0 Å². The molecular formula is C13H16N2O4. The molecule has 0 aliphatic heterocycles. The van der Waals surface area contributed by atoms with Crippen molar-refractivity contribution >= 4 is 23.5 Å². The lowest BCUT2D eigenvalue weighted by Crippen LogP contribution is -2.19. The van der Waals surface area contributed by atoms with Gasteiger partial charge in [-0.05, 0) is 24.6 Å². The summed E-state index contributed by atoms with van der Waals surface area (Å²) in [4.78, 5) is 33.4. The number of rotatable bonds is 5. The van der Waals surface area contributed by atoms with E-state index in [0.29, 0.717) is 11.3 Å². The molecule has 0 bridgehead atoms.